The molecule has 3 aromatic rings. The van der Waals surface area contributed by atoms with E-state index in [4.69, 9.17) is 27.9 Å². The zero-order valence-electron chi connectivity index (χ0n) is 14.6. The quantitative estimate of drug-likeness (QED) is 0.538. The van der Waals surface area contributed by atoms with Gasteiger partial charge in [0.2, 0.25) is 0 Å². The fourth-order valence-electron chi connectivity index (χ4n) is 2.71. The third-order valence-corrected chi connectivity index (χ3v) is 4.40. The molecule has 2 aromatic carbocycles. The summed E-state index contributed by atoms with van der Waals surface area (Å²) in [5, 5.41) is 10.4. The molecule has 0 saturated carbocycles. The maximum Gasteiger partial charge on any atom is 0.156 e. The van der Waals surface area contributed by atoms with Gasteiger partial charge in [-0.2, -0.15) is 5.26 Å². The van der Waals surface area contributed by atoms with Crippen molar-refractivity contribution < 1.29 is 4.74 Å². The molecular weight excluding hydrogens is 369 g/mol. The predicted octanol–water partition coefficient (Wildman–Crippen LogP) is 5.73. The third-order valence-electron chi connectivity index (χ3n) is 3.83. The number of nitrogens with zero attached hydrogens (tertiary/aromatic N) is 3. The molecule has 1 aromatic heterocycles. The molecule has 3 rings (SSSR count). The molecule has 0 spiro atoms. The Morgan fingerprint density at radius 2 is 1.88 bits per heavy atom. The highest BCUT2D eigenvalue weighted by Gasteiger charge is 2.14. The summed E-state index contributed by atoms with van der Waals surface area (Å²) >= 11 is 12.6. The van der Waals surface area contributed by atoms with E-state index >= 15 is 0 Å². The number of rotatable bonds is 4. The molecule has 4 nitrogen and oxygen atoms in total. The summed E-state index contributed by atoms with van der Waals surface area (Å²) in [6, 6.07) is 13.4. The first-order valence-corrected chi connectivity index (χ1v) is 8.85. The van der Waals surface area contributed by atoms with Crippen LogP contribution in [0, 0.1) is 11.3 Å². The maximum atomic E-state index is 9.64. The predicted molar refractivity (Wildman–Crippen MR) is 106 cm³/mol. The Bertz CT molecular complexity index is 1020. The van der Waals surface area contributed by atoms with Crippen molar-refractivity contribution >= 4 is 45.9 Å². The van der Waals surface area contributed by atoms with Gasteiger partial charge in [-0.1, -0.05) is 35.3 Å². The fourth-order valence-corrected chi connectivity index (χ4v) is 3.30. The minimum atomic E-state index is -0.0407. The van der Waals surface area contributed by atoms with Crippen LogP contribution < -0.4 is 4.74 Å². The Morgan fingerprint density at radius 3 is 2.46 bits per heavy atom. The van der Waals surface area contributed by atoms with E-state index in [-0.39, 0.29) is 6.10 Å². The Morgan fingerprint density at radius 1 is 1.23 bits per heavy atom. The number of para-hydroxylation sites is 2. The molecule has 0 aliphatic carbocycles. The molecule has 0 N–H and O–H groups in total. The number of allylic oxidation sites excluding steroid dienone is 1. The van der Waals surface area contributed by atoms with Gasteiger partial charge in [-0.3, -0.25) is 0 Å². The second-order valence-corrected chi connectivity index (χ2v) is 6.95. The normalized spacial score (nSPS) is 11.8. The molecule has 0 fully saturated rings. The lowest BCUT2D eigenvalue weighted by Gasteiger charge is -2.13. The molecule has 0 amide bonds. The van der Waals surface area contributed by atoms with Gasteiger partial charge < -0.3 is 9.30 Å². The molecular formula is C20H17Cl2N3O. The number of fused-ring (bicyclic) bond motifs is 1. The van der Waals surface area contributed by atoms with Crippen LogP contribution in [0.15, 0.2) is 36.4 Å². The van der Waals surface area contributed by atoms with E-state index in [0.717, 1.165) is 11.0 Å². The maximum absolute atomic E-state index is 9.64. The summed E-state index contributed by atoms with van der Waals surface area (Å²) in [6.07, 6.45) is 1.68. The van der Waals surface area contributed by atoms with Gasteiger partial charge in [0.05, 0.1) is 32.8 Å². The molecule has 6 heteroatoms. The van der Waals surface area contributed by atoms with Crippen LogP contribution in [0.4, 0.5) is 0 Å². The third kappa shape index (κ3) is 3.55. The van der Waals surface area contributed by atoms with E-state index in [9.17, 15) is 5.26 Å². The first-order chi connectivity index (χ1) is 12.4. The van der Waals surface area contributed by atoms with Gasteiger partial charge >= 0.3 is 0 Å². The molecule has 1 heterocycles. The monoisotopic (exact) mass is 385 g/mol. The van der Waals surface area contributed by atoms with E-state index in [0.29, 0.717) is 32.8 Å². The van der Waals surface area contributed by atoms with Gasteiger partial charge in [0, 0.05) is 7.05 Å². The average molecular weight is 386 g/mol. The number of imidazole rings is 1. The Balaban J connectivity index is 2.07. The number of halogens is 2. The van der Waals surface area contributed by atoms with Crippen LogP contribution in [0.2, 0.25) is 10.0 Å². The Kier molecular flexibility index (Phi) is 5.22. The van der Waals surface area contributed by atoms with Gasteiger partial charge in [-0.25, -0.2) is 4.98 Å². The second kappa shape index (κ2) is 7.41. The minimum absolute atomic E-state index is 0.0407. The standard InChI is InChI=1S/C20H17Cl2N3O/c1-12(2)26-19-15(21)9-13(10-16(19)22)8-14(11-23)20-24-17-6-4-5-7-18(17)25(20)3/h4-10,12H,1-3H3/b14-8-. The molecule has 26 heavy (non-hydrogen) atoms. The number of aromatic nitrogens is 2. The van der Waals surface area contributed by atoms with E-state index in [1.54, 1.807) is 18.2 Å². The molecule has 0 atom stereocenters. The summed E-state index contributed by atoms with van der Waals surface area (Å²) in [7, 11) is 1.88. The molecule has 0 radical (unpaired) electrons. The molecule has 0 aliphatic heterocycles. The van der Waals surface area contributed by atoms with Crippen molar-refractivity contribution in [1.82, 2.24) is 9.55 Å². The lowest BCUT2D eigenvalue weighted by atomic mass is 10.1. The van der Waals surface area contributed by atoms with Gasteiger partial charge in [-0.05, 0) is 49.8 Å². The Labute approximate surface area is 162 Å². The largest absolute Gasteiger partial charge is 0.488 e. The zero-order valence-corrected chi connectivity index (χ0v) is 16.1. The molecule has 0 aliphatic rings. The van der Waals surface area contributed by atoms with Gasteiger partial charge in [-0.15, -0.1) is 0 Å². The summed E-state index contributed by atoms with van der Waals surface area (Å²) < 4.78 is 7.53. The van der Waals surface area contributed by atoms with Gasteiger partial charge in [0.1, 0.15) is 6.07 Å². The zero-order chi connectivity index (χ0) is 18.8. The van der Waals surface area contributed by atoms with Crippen LogP contribution in [0.1, 0.15) is 25.2 Å². The lowest BCUT2D eigenvalue weighted by molar-refractivity contribution is 0.243. The highest BCUT2D eigenvalue weighted by Crippen LogP contribution is 2.36. The van der Waals surface area contributed by atoms with E-state index in [1.165, 1.54) is 0 Å². The molecule has 0 unspecified atom stereocenters. The first-order valence-electron chi connectivity index (χ1n) is 8.10. The molecule has 132 valence electrons. The van der Waals surface area contributed by atoms with Crippen LogP contribution >= 0.6 is 23.2 Å². The number of aryl methyl sites for hydroxylation is 1. The van der Waals surface area contributed by atoms with E-state index < -0.39 is 0 Å². The van der Waals surface area contributed by atoms with Gasteiger partial charge in [0.15, 0.2) is 11.6 Å². The van der Waals surface area contributed by atoms with Crippen molar-refractivity contribution in [3.63, 3.8) is 0 Å². The number of hydrogen-bond acceptors (Lipinski definition) is 3. The SMILES string of the molecule is CC(C)Oc1c(Cl)cc(/C=C(/C#N)c2nc3ccccc3n2C)cc1Cl. The molecule has 0 bridgehead atoms. The first kappa shape index (κ1) is 18.3. The van der Waals surface area contributed by atoms with E-state index in [2.05, 4.69) is 11.1 Å². The number of nitriles is 1. The topological polar surface area (TPSA) is 50.8 Å². The minimum Gasteiger partial charge on any atom is -0.488 e. The average Bonchev–Trinajstić information content (AvgIpc) is 2.93. The smallest absolute Gasteiger partial charge is 0.156 e. The fraction of sp³-hybridized carbons (Fsp3) is 0.200. The Hall–Kier alpha value is -2.48. The van der Waals surface area contributed by atoms with E-state index in [1.807, 2.05) is 49.7 Å². The highest BCUT2D eigenvalue weighted by atomic mass is 35.5. The van der Waals surface area contributed by atoms with Crippen molar-refractivity contribution in [3.8, 4) is 11.8 Å². The highest BCUT2D eigenvalue weighted by molar-refractivity contribution is 6.37. The summed E-state index contributed by atoms with van der Waals surface area (Å²) in [5.41, 5.74) is 2.93. The van der Waals surface area contributed by atoms with Crippen molar-refractivity contribution in [2.45, 2.75) is 20.0 Å². The number of ether oxygens (including phenoxy) is 1. The van der Waals surface area contributed by atoms with Crippen molar-refractivity contribution in [2.24, 2.45) is 7.05 Å². The van der Waals surface area contributed by atoms with Crippen LogP contribution in [-0.4, -0.2) is 15.7 Å². The number of hydrogen-bond donors (Lipinski definition) is 0. The van der Waals surface area contributed by atoms with Crippen molar-refractivity contribution in [3.05, 3.63) is 57.8 Å². The number of benzene rings is 2. The van der Waals surface area contributed by atoms with Gasteiger partial charge in [0.25, 0.3) is 0 Å². The van der Waals surface area contributed by atoms with Crippen LogP contribution in [0.25, 0.3) is 22.7 Å². The molecule has 0 saturated heterocycles. The van der Waals surface area contributed by atoms with Crippen LogP contribution in [0.5, 0.6) is 5.75 Å². The van der Waals surface area contributed by atoms with Crippen LogP contribution in [-0.2, 0) is 7.05 Å². The van der Waals surface area contributed by atoms with Crippen molar-refractivity contribution in [2.75, 3.05) is 0 Å². The lowest BCUT2D eigenvalue weighted by Crippen LogP contribution is -2.06. The van der Waals surface area contributed by atoms with Crippen LogP contribution in [0.3, 0.4) is 0 Å². The second-order valence-electron chi connectivity index (χ2n) is 6.13. The summed E-state index contributed by atoms with van der Waals surface area (Å²) in [6.45, 7) is 3.81. The van der Waals surface area contributed by atoms with Crippen molar-refractivity contribution in [1.29, 1.82) is 5.26 Å². The summed E-state index contributed by atoms with van der Waals surface area (Å²) in [5.74, 6) is 1.03. The summed E-state index contributed by atoms with van der Waals surface area (Å²) in [4.78, 5) is 4.56.